The minimum atomic E-state index is -0.832. The lowest BCUT2D eigenvalue weighted by Gasteiger charge is -2.22. The maximum Gasteiger partial charge on any atom is 0.408 e. The molecular formula is C17H26N2O4. The highest BCUT2D eigenvalue weighted by atomic mass is 16.6. The van der Waals surface area contributed by atoms with Crippen LogP contribution in [0.25, 0.3) is 0 Å². The molecular weight excluding hydrogens is 296 g/mol. The van der Waals surface area contributed by atoms with Gasteiger partial charge in [-0.15, -0.1) is 0 Å². The van der Waals surface area contributed by atoms with E-state index in [1.807, 2.05) is 38.1 Å². The Hall–Kier alpha value is -2.24. The van der Waals surface area contributed by atoms with Crippen LogP contribution in [0.3, 0.4) is 0 Å². The highest BCUT2D eigenvalue weighted by Crippen LogP contribution is 2.15. The zero-order valence-electron chi connectivity index (χ0n) is 14.4. The van der Waals surface area contributed by atoms with Crippen molar-refractivity contribution in [2.75, 3.05) is 0 Å². The quantitative estimate of drug-likeness (QED) is 0.841. The highest BCUT2D eigenvalue weighted by molar-refractivity contribution is 5.84. The Morgan fingerprint density at radius 3 is 2.17 bits per heavy atom. The summed E-state index contributed by atoms with van der Waals surface area (Å²) in [5.41, 5.74) is 5.58. The molecule has 1 atom stereocenters. The molecule has 6 heteroatoms. The number of carbonyl (C=O) groups is 2. The number of nitrogens with two attached hydrogens (primary N) is 1. The maximum atomic E-state index is 11.8. The van der Waals surface area contributed by atoms with Crippen LogP contribution in [0.15, 0.2) is 24.3 Å². The summed E-state index contributed by atoms with van der Waals surface area (Å²) in [7, 11) is 0. The first kappa shape index (κ1) is 18.8. The predicted molar refractivity (Wildman–Crippen MR) is 88.3 cm³/mol. The van der Waals surface area contributed by atoms with E-state index in [1.165, 1.54) is 0 Å². The molecule has 0 bridgehead atoms. The summed E-state index contributed by atoms with van der Waals surface area (Å²) >= 11 is 0. The average Bonchev–Trinajstić information content (AvgIpc) is 2.37. The van der Waals surface area contributed by atoms with Gasteiger partial charge in [0.2, 0.25) is 5.91 Å². The fourth-order valence-electron chi connectivity index (χ4n) is 1.88. The van der Waals surface area contributed by atoms with Gasteiger partial charge in [-0.2, -0.15) is 0 Å². The van der Waals surface area contributed by atoms with Crippen LogP contribution in [-0.4, -0.2) is 29.7 Å². The molecule has 0 fully saturated rings. The Labute approximate surface area is 137 Å². The molecule has 3 N–H and O–H groups in total. The molecule has 2 amide bonds. The van der Waals surface area contributed by atoms with E-state index < -0.39 is 23.6 Å². The van der Waals surface area contributed by atoms with Gasteiger partial charge < -0.3 is 20.5 Å². The molecule has 23 heavy (non-hydrogen) atoms. The van der Waals surface area contributed by atoms with Crippen molar-refractivity contribution in [3.8, 4) is 5.75 Å². The SMILES string of the molecule is CC(C)Oc1ccc(CC(NC(=O)OC(C)(C)C)C(N)=O)cc1. The third kappa shape index (κ3) is 7.54. The van der Waals surface area contributed by atoms with E-state index in [4.69, 9.17) is 15.2 Å². The van der Waals surface area contributed by atoms with E-state index in [0.29, 0.717) is 0 Å². The lowest BCUT2D eigenvalue weighted by Crippen LogP contribution is -2.47. The zero-order valence-corrected chi connectivity index (χ0v) is 14.4. The van der Waals surface area contributed by atoms with Crippen LogP contribution < -0.4 is 15.8 Å². The molecule has 128 valence electrons. The molecule has 0 aliphatic heterocycles. The van der Waals surface area contributed by atoms with Gasteiger partial charge in [0.05, 0.1) is 6.10 Å². The van der Waals surface area contributed by atoms with Crippen LogP contribution in [-0.2, 0) is 16.0 Å². The van der Waals surface area contributed by atoms with E-state index in [2.05, 4.69) is 5.32 Å². The summed E-state index contributed by atoms with van der Waals surface area (Å²) in [6, 6.07) is 6.48. The molecule has 0 spiro atoms. The molecule has 0 heterocycles. The molecule has 0 radical (unpaired) electrons. The van der Waals surface area contributed by atoms with E-state index in [1.54, 1.807) is 20.8 Å². The Balaban J connectivity index is 2.69. The number of hydrogen-bond donors (Lipinski definition) is 2. The van der Waals surface area contributed by atoms with E-state index in [-0.39, 0.29) is 12.5 Å². The monoisotopic (exact) mass is 322 g/mol. The number of nitrogens with one attached hydrogen (secondary N) is 1. The van der Waals surface area contributed by atoms with Crippen LogP contribution >= 0.6 is 0 Å². The minimum absolute atomic E-state index is 0.0908. The number of rotatable bonds is 6. The number of carbonyl (C=O) groups excluding carboxylic acids is 2. The Morgan fingerprint density at radius 2 is 1.74 bits per heavy atom. The molecule has 1 aromatic rings. The summed E-state index contributed by atoms with van der Waals surface area (Å²) in [5, 5.41) is 2.50. The third-order valence-corrected chi connectivity index (χ3v) is 2.77. The minimum Gasteiger partial charge on any atom is -0.491 e. The first-order valence-electron chi connectivity index (χ1n) is 7.61. The van der Waals surface area contributed by atoms with Gasteiger partial charge in [0.25, 0.3) is 0 Å². The van der Waals surface area contributed by atoms with Crippen molar-refractivity contribution < 1.29 is 19.1 Å². The largest absolute Gasteiger partial charge is 0.491 e. The summed E-state index contributed by atoms with van der Waals surface area (Å²) in [6.07, 6.45) is -0.287. The van der Waals surface area contributed by atoms with Crippen LogP contribution in [0, 0.1) is 0 Å². The normalized spacial score (nSPS) is 12.6. The van der Waals surface area contributed by atoms with Crippen molar-refractivity contribution in [3.63, 3.8) is 0 Å². The molecule has 0 aliphatic carbocycles. The summed E-state index contributed by atoms with van der Waals surface area (Å²) in [5.74, 6) is 0.137. The molecule has 0 aromatic heterocycles. The molecule has 0 aliphatic rings. The third-order valence-electron chi connectivity index (χ3n) is 2.77. The van der Waals surface area contributed by atoms with Gasteiger partial charge in [-0.1, -0.05) is 12.1 Å². The Bertz CT molecular complexity index is 533. The Morgan fingerprint density at radius 1 is 1.17 bits per heavy atom. The number of primary amides is 1. The van der Waals surface area contributed by atoms with Gasteiger partial charge in [-0.3, -0.25) is 4.79 Å². The lowest BCUT2D eigenvalue weighted by atomic mass is 10.1. The van der Waals surface area contributed by atoms with Crippen LogP contribution in [0.4, 0.5) is 4.79 Å². The number of ether oxygens (including phenoxy) is 2. The average molecular weight is 322 g/mol. The van der Waals surface area contributed by atoms with Crippen molar-refractivity contribution >= 4 is 12.0 Å². The number of amides is 2. The summed E-state index contributed by atoms with van der Waals surface area (Å²) in [4.78, 5) is 23.3. The smallest absolute Gasteiger partial charge is 0.408 e. The summed E-state index contributed by atoms with van der Waals surface area (Å²) < 4.78 is 10.7. The molecule has 0 saturated carbocycles. The zero-order chi connectivity index (χ0) is 17.6. The number of benzene rings is 1. The maximum absolute atomic E-state index is 11.8. The van der Waals surface area contributed by atoms with Crippen LogP contribution in [0.2, 0.25) is 0 Å². The highest BCUT2D eigenvalue weighted by Gasteiger charge is 2.23. The van der Waals surface area contributed by atoms with Crippen LogP contribution in [0.5, 0.6) is 5.75 Å². The van der Waals surface area contributed by atoms with E-state index >= 15 is 0 Å². The lowest BCUT2D eigenvalue weighted by molar-refractivity contribution is -0.120. The van der Waals surface area contributed by atoms with Gasteiger partial charge in [0.1, 0.15) is 17.4 Å². The van der Waals surface area contributed by atoms with Crippen molar-refractivity contribution in [1.29, 1.82) is 0 Å². The van der Waals surface area contributed by atoms with Gasteiger partial charge in [-0.25, -0.2) is 4.79 Å². The van der Waals surface area contributed by atoms with Gasteiger partial charge in [0, 0.05) is 6.42 Å². The Kier molecular flexibility index (Phi) is 6.42. The summed E-state index contributed by atoms with van der Waals surface area (Å²) in [6.45, 7) is 9.14. The standard InChI is InChI=1S/C17H26N2O4/c1-11(2)22-13-8-6-12(7-9-13)10-14(15(18)20)19-16(21)23-17(3,4)5/h6-9,11,14H,10H2,1-5H3,(H2,18,20)(H,19,21). The van der Waals surface area contributed by atoms with Crippen molar-refractivity contribution in [3.05, 3.63) is 29.8 Å². The van der Waals surface area contributed by atoms with E-state index in [9.17, 15) is 9.59 Å². The van der Waals surface area contributed by atoms with Crippen LogP contribution in [0.1, 0.15) is 40.2 Å². The molecule has 1 unspecified atom stereocenters. The fraction of sp³-hybridized carbons (Fsp3) is 0.529. The molecule has 1 rings (SSSR count). The topological polar surface area (TPSA) is 90.7 Å². The first-order chi connectivity index (χ1) is 10.6. The van der Waals surface area contributed by atoms with E-state index in [0.717, 1.165) is 11.3 Å². The van der Waals surface area contributed by atoms with Crippen molar-refractivity contribution in [2.45, 2.75) is 58.8 Å². The second-order valence-electron chi connectivity index (χ2n) is 6.62. The van der Waals surface area contributed by atoms with Gasteiger partial charge >= 0.3 is 6.09 Å². The first-order valence-corrected chi connectivity index (χ1v) is 7.61. The molecule has 1 aromatic carbocycles. The number of hydrogen-bond acceptors (Lipinski definition) is 4. The second kappa shape index (κ2) is 7.85. The molecule has 6 nitrogen and oxygen atoms in total. The second-order valence-corrected chi connectivity index (χ2v) is 6.62. The van der Waals surface area contributed by atoms with Crippen molar-refractivity contribution in [2.24, 2.45) is 5.73 Å². The fourth-order valence-corrected chi connectivity index (χ4v) is 1.88. The number of alkyl carbamates (subject to hydrolysis) is 1. The van der Waals surface area contributed by atoms with Gasteiger partial charge in [0.15, 0.2) is 0 Å². The van der Waals surface area contributed by atoms with Gasteiger partial charge in [-0.05, 0) is 52.3 Å². The predicted octanol–water partition coefficient (Wildman–Crippen LogP) is 2.39. The van der Waals surface area contributed by atoms with Crippen molar-refractivity contribution in [1.82, 2.24) is 5.32 Å². The molecule has 0 saturated heterocycles.